The number of Topliss-reactive ketones (excluding diaryl/α,β-unsaturated/α-hetero) is 1. The van der Waals surface area contributed by atoms with Gasteiger partial charge in [-0.1, -0.05) is 35.9 Å². The van der Waals surface area contributed by atoms with Crippen LogP contribution < -0.4 is 0 Å². The molecule has 0 saturated carbocycles. The molecule has 1 aromatic heterocycles. The summed E-state index contributed by atoms with van der Waals surface area (Å²) in [6.45, 7) is 3.42. The number of ketones is 1. The number of rotatable bonds is 9. The van der Waals surface area contributed by atoms with E-state index >= 15 is 0 Å². The van der Waals surface area contributed by atoms with Crippen LogP contribution in [0.2, 0.25) is 5.02 Å². The Morgan fingerprint density at radius 3 is 2.77 bits per heavy atom. The van der Waals surface area contributed by atoms with Crippen LogP contribution in [0.4, 0.5) is 5.69 Å². The van der Waals surface area contributed by atoms with Crippen molar-refractivity contribution in [3.63, 3.8) is 0 Å². The minimum Gasteiger partial charge on any atom is -0.328 e. The second kappa shape index (κ2) is 9.88. The lowest BCUT2D eigenvalue weighted by Gasteiger charge is -2.22. The van der Waals surface area contributed by atoms with Crippen molar-refractivity contribution < 1.29 is 18.8 Å². The lowest BCUT2D eigenvalue weighted by molar-refractivity contribution is -0.385. The van der Waals surface area contributed by atoms with Crippen molar-refractivity contribution in [2.45, 2.75) is 19.0 Å². The maximum Gasteiger partial charge on any atom is 0.276 e. The quantitative estimate of drug-likeness (QED) is 0.186. The van der Waals surface area contributed by atoms with Gasteiger partial charge in [-0.15, -0.1) is 11.3 Å². The van der Waals surface area contributed by atoms with Crippen molar-refractivity contribution in [2.75, 3.05) is 13.3 Å². The van der Waals surface area contributed by atoms with Crippen molar-refractivity contribution >= 4 is 57.9 Å². The zero-order chi connectivity index (χ0) is 22.6. The van der Waals surface area contributed by atoms with E-state index in [1.54, 1.807) is 43.3 Å². The second-order valence-corrected chi connectivity index (χ2v) is 10.9. The molecule has 0 aliphatic carbocycles. The number of carbonyl (C=O) groups is 1. The fourth-order valence-corrected chi connectivity index (χ4v) is 6.71. The van der Waals surface area contributed by atoms with Gasteiger partial charge in [0, 0.05) is 28.9 Å². The zero-order valence-corrected chi connectivity index (χ0v) is 19.5. The molecule has 0 spiro atoms. The number of nitro benzene ring substituents is 1. The van der Waals surface area contributed by atoms with Gasteiger partial charge < -0.3 is 4.52 Å². The molecule has 2 aromatic carbocycles. The third-order valence-corrected chi connectivity index (χ3v) is 8.26. The number of hydrogen-bond acceptors (Lipinski definition) is 6. The molecular formula is C22H21ClNO5PS. The van der Waals surface area contributed by atoms with E-state index in [-0.39, 0.29) is 24.5 Å². The fraction of sp³-hybridized carbons (Fsp3) is 0.227. The summed E-state index contributed by atoms with van der Waals surface area (Å²) < 4.78 is 19.8. The first-order valence-electron chi connectivity index (χ1n) is 9.55. The SMILES string of the molecule is CCOP(C)(=O)C(C(=O)C/C=C/c1ccccc1[N+](=O)[O-])c1csc2ccc(Cl)cc12. The van der Waals surface area contributed by atoms with E-state index in [1.807, 2.05) is 11.4 Å². The van der Waals surface area contributed by atoms with Crippen LogP contribution >= 0.6 is 30.3 Å². The molecule has 9 heteroatoms. The van der Waals surface area contributed by atoms with E-state index in [1.165, 1.54) is 30.1 Å². The number of allylic oxidation sites excluding steroid dienone is 1. The van der Waals surface area contributed by atoms with Crippen LogP contribution in [0.5, 0.6) is 0 Å². The summed E-state index contributed by atoms with van der Waals surface area (Å²) in [6.07, 6.45) is 3.06. The minimum atomic E-state index is -3.33. The topological polar surface area (TPSA) is 86.5 Å². The van der Waals surface area contributed by atoms with Crippen LogP contribution in [-0.4, -0.2) is 24.0 Å². The Hall–Kier alpha value is -2.31. The zero-order valence-electron chi connectivity index (χ0n) is 17.0. The molecule has 0 aliphatic heterocycles. The van der Waals surface area contributed by atoms with Gasteiger partial charge in [-0.2, -0.15) is 0 Å². The van der Waals surface area contributed by atoms with Gasteiger partial charge in [-0.25, -0.2) is 0 Å². The molecule has 0 saturated heterocycles. The number of thiophene rings is 1. The molecular weight excluding hydrogens is 457 g/mol. The average Bonchev–Trinajstić information content (AvgIpc) is 3.10. The summed E-state index contributed by atoms with van der Waals surface area (Å²) in [6, 6.07) is 11.7. The van der Waals surface area contributed by atoms with Crippen LogP contribution in [0.15, 0.2) is 53.9 Å². The van der Waals surface area contributed by atoms with Gasteiger partial charge in [0.1, 0.15) is 5.66 Å². The predicted octanol–water partition coefficient (Wildman–Crippen LogP) is 7.12. The van der Waals surface area contributed by atoms with Gasteiger partial charge >= 0.3 is 0 Å². The van der Waals surface area contributed by atoms with Crippen LogP contribution in [-0.2, 0) is 13.9 Å². The normalized spacial score (nSPS) is 14.5. The Balaban J connectivity index is 1.95. The van der Waals surface area contributed by atoms with Gasteiger partial charge in [0.25, 0.3) is 5.69 Å². The number of hydrogen-bond donors (Lipinski definition) is 0. The molecule has 0 radical (unpaired) electrons. The summed E-state index contributed by atoms with van der Waals surface area (Å²) in [7, 11) is -3.33. The molecule has 0 fully saturated rings. The van der Waals surface area contributed by atoms with E-state index < -0.39 is 18.0 Å². The second-order valence-electron chi connectivity index (χ2n) is 6.95. The highest BCUT2D eigenvalue weighted by molar-refractivity contribution is 7.59. The Morgan fingerprint density at radius 1 is 1.32 bits per heavy atom. The number of nitro groups is 1. The molecule has 31 heavy (non-hydrogen) atoms. The number of carbonyl (C=O) groups excluding carboxylic acids is 1. The van der Waals surface area contributed by atoms with Gasteiger partial charge in [-0.3, -0.25) is 19.5 Å². The maximum atomic E-state index is 13.4. The highest BCUT2D eigenvalue weighted by Crippen LogP contribution is 2.59. The Bertz CT molecular complexity index is 1210. The molecule has 162 valence electrons. The first kappa shape index (κ1) is 23.4. The smallest absolute Gasteiger partial charge is 0.276 e. The molecule has 0 aliphatic rings. The maximum absolute atomic E-state index is 13.4. The first-order chi connectivity index (χ1) is 14.7. The molecule has 1 heterocycles. The molecule has 2 atom stereocenters. The van der Waals surface area contributed by atoms with Crippen molar-refractivity contribution in [2.24, 2.45) is 0 Å². The van der Waals surface area contributed by atoms with Crippen LogP contribution in [0.25, 0.3) is 16.2 Å². The summed E-state index contributed by atoms with van der Waals surface area (Å²) in [5.41, 5.74) is 0.0340. The van der Waals surface area contributed by atoms with E-state index in [0.717, 1.165) is 10.1 Å². The summed E-state index contributed by atoms with van der Waals surface area (Å²) in [5, 5.41) is 14.3. The summed E-state index contributed by atoms with van der Waals surface area (Å²) >= 11 is 7.60. The largest absolute Gasteiger partial charge is 0.328 e. The first-order valence-corrected chi connectivity index (χ1v) is 13.0. The number of para-hydroxylation sites is 1. The molecule has 2 unspecified atom stereocenters. The van der Waals surface area contributed by atoms with Crippen molar-refractivity contribution in [1.29, 1.82) is 0 Å². The highest BCUT2D eigenvalue weighted by Gasteiger charge is 2.37. The fourth-order valence-electron chi connectivity index (χ4n) is 3.46. The van der Waals surface area contributed by atoms with E-state index in [2.05, 4.69) is 0 Å². The van der Waals surface area contributed by atoms with Crippen molar-refractivity contribution in [1.82, 2.24) is 0 Å². The average molecular weight is 478 g/mol. The Kier molecular flexibility index (Phi) is 7.44. The van der Waals surface area contributed by atoms with Gasteiger partial charge in [0.15, 0.2) is 5.78 Å². The van der Waals surface area contributed by atoms with Gasteiger partial charge in [0.2, 0.25) is 7.37 Å². The van der Waals surface area contributed by atoms with Crippen LogP contribution in [0.1, 0.15) is 30.1 Å². The third-order valence-electron chi connectivity index (χ3n) is 4.77. The van der Waals surface area contributed by atoms with Gasteiger partial charge in [0.05, 0.1) is 17.1 Å². The third kappa shape index (κ3) is 5.31. The number of fused-ring (bicyclic) bond motifs is 1. The molecule has 0 bridgehead atoms. The summed E-state index contributed by atoms with van der Waals surface area (Å²) in [4.78, 5) is 23.9. The highest BCUT2D eigenvalue weighted by atomic mass is 35.5. The van der Waals surface area contributed by atoms with Crippen molar-refractivity contribution in [3.8, 4) is 0 Å². The van der Waals surface area contributed by atoms with Crippen molar-refractivity contribution in [3.05, 3.63) is 80.2 Å². The number of nitrogens with zero attached hydrogens (tertiary/aromatic N) is 1. The number of benzene rings is 2. The van der Waals surface area contributed by atoms with Crippen LogP contribution in [0, 0.1) is 10.1 Å². The van der Waals surface area contributed by atoms with E-state index in [0.29, 0.717) is 16.1 Å². The van der Waals surface area contributed by atoms with E-state index in [4.69, 9.17) is 16.1 Å². The molecule has 0 N–H and O–H groups in total. The predicted molar refractivity (Wildman–Crippen MR) is 126 cm³/mol. The van der Waals surface area contributed by atoms with Gasteiger partial charge in [-0.05, 0) is 47.5 Å². The lowest BCUT2D eigenvalue weighted by atomic mass is 10.0. The lowest BCUT2D eigenvalue weighted by Crippen LogP contribution is -2.13. The van der Waals surface area contributed by atoms with E-state index in [9.17, 15) is 19.5 Å². The van der Waals surface area contributed by atoms with Crippen LogP contribution in [0.3, 0.4) is 0 Å². The Labute approximate surface area is 189 Å². The standard InChI is InChI=1S/C22H21ClNO5PS/c1-3-29-30(2,28)22(18-14-31-21-12-11-16(23)13-17(18)21)20(25)10-6-8-15-7-4-5-9-19(15)24(26)27/h4-9,11-14,22H,3,10H2,1-2H3/b8-6+. The Morgan fingerprint density at radius 2 is 2.06 bits per heavy atom. The molecule has 3 aromatic rings. The number of halogens is 1. The molecule has 3 rings (SSSR count). The molecule has 6 nitrogen and oxygen atoms in total. The minimum absolute atomic E-state index is 0.0421. The molecule has 0 amide bonds. The summed E-state index contributed by atoms with van der Waals surface area (Å²) in [5.74, 6) is -0.284. The monoisotopic (exact) mass is 477 g/mol.